The summed E-state index contributed by atoms with van der Waals surface area (Å²) in [4.78, 5) is 0. The molecule has 1 aliphatic heterocycles. The summed E-state index contributed by atoms with van der Waals surface area (Å²) in [5.41, 5.74) is 0.858. The van der Waals surface area contributed by atoms with E-state index in [9.17, 15) is 0 Å². The van der Waals surface area contributed by atoms with Gasteiger partial charge in [0.15, 0.2) is 6.29 Å². The lowest BCUT2D eigenvalue weighted by atomic mass is 9.91. The summed E-state index contributed by atoms with van der Waals surface area (Å²) in [7, 11) is 0. The molecule has 1 aromatic rings. The molecule has 0 aromatic heterocycles. The summed E-state index contributed by atoms with van der Waals surface area (Å²) in [5, 5.41) is 0. The summed E-state index contributed by atoms with van der Waals surface area (Å²) in [6, 6.07) is 10.2. The van der Waals surface area contributed by atoms with E-state index in [1.165, 1.54) is 89.9 Å². The molecule has 208 valence electrons. The second-order valence-corrected chi connectivity index (χ2v) is 10.9. The van der Waals surface area contributed by atoms with E-state index >= 15 is 0 Å². The van der Waals surface area contributed by atoms with Crippen LogP contribution in [-0.4, -0.2) is 39.6 Å². The van der Waals surface area contributed by atoms with Crippen LogP contribution in [0.3, 0.4) is 0 Å². The number of unbranched alkanes of at least 4 members (excludes halogenated alkanes) is 14. The molecule has 0 N–H and O–H groups in total. The molecule has 0 unspecified atom stereocenters. The quantitative estimate of drug-likeness (QED) is 0.139. The normalized spacial score (nSPS) is 15.9. The number of ether oxygens (including phenoxy) is 4. The zero-order valence-electron chi connectivity index (χ0n) is 23.7. The monoisotopic (exact) mass is 504 g/mol. The number of benzene rings is 1. The summed E-state index contributed by atoms with van der Waals surface area (Å²) in [6.07, 6.45) is 20.8. The van der Waals surface area contributed by atoms with E-state index in [-0.39, 0.29) is 11.7 Å². The Hall–Kier alpha value is -0.940. The van der Waals surface area contributed by atoms with Crippen LogP contribution in [0.2, 0.25) is 0 Å². The standard InChI is InChI=1S/C32H56O4/c1-3-5-7-9-11-13-15-20-24-33-26-32(27-34-25-21-16-14-12-10-8-6-4-2)28-35-31(36-29-32)30-22-18-17-19-23-30/h17-19,22-23,31H,3-16,20-21,24-29H2,1-2H3. The molecule has 0 radical (unpaired) electrons. The lowest BCUT2D eigenvalue weighted by Gasteiger charge is -2.39. The van der Waals surface area contributed by atoms with Gasteiger partial charge in [-0.1, -0.05) is 134 Å². The molecule has 0 amide bonds. The molecule has 0 saturated carbocycles. The van der Waals surface area contributed by atoms with Crippen molar-refractivity contribution in [2.45, 2.75) is 123 Å². The fourth-order valence-electron chi connectivity index (χ4n) is 4.86. The maximum absolute atomic E-state index is 6.18. The van der Waals surface area contributed by atoms with Crippen molar-refractivity contribution >= 4 is 0 Å². The lowest BCUT2D eigenvalue weighted by Crippen LogP contribution is -2.46. The van der Waals surface area contributed by atoms with Crippen LogP contribution in [0.4, 0.5) is 0 Å². The molecule has 1 fully saturated rings. The lowest BCUT2D eigenvalue weighted by molar-refractivity contribution is -0.254. The molecule has 2 rings (SSSR count). The van der Waals surface area contributed by atoms with Gasteiger partial charge >= 0.3 is 0 Å². The smallest absolute Gasteiger partial charge is 0.183 e. The minimum absolute atomic E-state index is 0.217. The third-order valence-electron chi connectivity index (χ3n) is 7.25. The van der Waals surface area contributed by atoms with E-state index < -0.39 is 0 Å². The van der Waals surface area contributed by atoms with Gasteiger partial charge in [-0.3, -0.25) is 0 Å². The number of hydrogen-bond donors (Lipinski definition) is 0. The SMILES string of the molecule is CCCCCCCCCCOCC1(COCCCCCCCCCC)COC(c2ccccc2)OC1. The predicted octanol–water partition coefficient (Wildman–Crippen LogP) is 9.03. The molecule has 0 atom stereocenters. The van der Waals surface area contributed by atoms with Crippen molar-refractivity contribution in [2.75, 3.05) is 39.6 Å². The molecule has 0 bridgehead atoms. The van der Waals surface area contributed by atoms with Crippen LogP contribution in [0.5, 0.6) is 0 Å². The largest absolute Gasteiger partial charge is 0.381 e. The minimum Gasteiger partial charge on any atom is -0.381 e. The van der Waals surface area contributed by atoms with Gasteiger partial charge in [0, 0.05) is 18.8 Å². The van der Waals surface area contributed by atoms with E-state index in [2.05, 4.69) is 26.0 Å². The molecule has 4 heteroatoms. The van der Waals surface area contributed by atoms with Crippen molar-refractivity contribution in [3.8, 4) is 0 Å². The Labute approximate surface area is 222 Å². The fourth-order valence-corrected chi connectivity index (χ4v) is 4.86. The van der Waals surface area contributed by atoms with Gasteiger partial charge in [0.25, 0.3) is 0 Å². The average molecular weight is 505 g/mol. The van der Waals surface area contributed by atoms with Crippen molar-refractivity contribution in [3.63, 3.8) is 0 Å². The first-order valence-electron chi connectivity index (χ1n) is 15.2. The average Bonchev–Trinajstić information content (AvgIpc) is 2.92. The Balaban J connectivity index is 1.65. The van der Waals surface area contributed by atoms with Gasteiger partial charge in [-0.15, -0.1) is 0 Å². The van der Waals surface area contributed by atoms with Crippen LogP contribution in [0.1, 0.15) is 128 Å². The van der Waals surface area contributed by atoms with Gasteiger partial charge < -0.3 is 18.9 Å². The van der Waals surface area contributed by atoms with Gasteiger partial charge in [0.05, 0.1) is 31.8 Å². The molecule has 1 aliphatic rings. The highest BCUT2D eigenvalue weighted by molar-refractivity contribution is 5.16. The molecule has 1 aromatic carbocycles. The first-order chi connectivity index (χ1) is 17.8. The number of hydrogen-bond acceptors (Lipinski definition) is 4. The third kappa shape index (κ3) is 14.1. The van der Waals surface area contributed by atoms with Crippen molar-refractivity contribution in [2.24, 2.45) is 5.41 Å². The zero-order chi connectivity index (χ0) is 25.6. The van der Waals surface area contributed by atoms with Crippen LogP contribution in [-0.2, 0) is 18.9 Å². The van der Waals surface area contributed by atoms with Crippen LogP contribution >= 0.6 is 0 Å². The van der Waals surface area contributed by atoms with Crippen LogP contribution < -0.4 is 0 Å². The van der Waals surface area contributed by atoms with Crippen molar-refractivity contribution in [1.29, 1.82) is 0 Å². The molecule has 1 saturated heterocycles. The van der Waals surface area contributed by atoms with E-state index in [1.54, 1.807) is 0 Å². The van der Waals surface area contributed by atoms with Gasteiger partial charge in [0.2, 0.25) is 0 Å². The van der Waals surface area contributed by atoms with Crippen molar-refractivity contribution in [1.82, 2.24) is 0 Å². The summed E-state index contributed by atoms with van der Waals surface area (Å²) in [5.74, 6) is 0. The molecule has 0 aliphatic carbocycles. The molecule has 0 spiro atoms. The van der Waals surface area contributed by atoms with Crippen molar-refractivity contribution in [3.05, 3.63) is 35.9 Å². The maximum Gasteiger partial charge on any atom is 0.183 e. The Morgan fingerprint density at radius 3 is 1.47 bits per heavy atom. The van der Waals surface area contributed by atoms with Crippen molar-refractivity contribution < 1.29 is 18.9 Å². The minimum atomic E-state index is -0.292. The highest BCUT2D eigenvalue weighted by Crippen LogP contribution is 2.32. The van der Waals surface area contributed by atoms with Crippen LogP contribution in [0.25, 0.3) is 0 Å². The van der Waals surface area contributed by atoms with Gasteiger partial charge in [-0.05, 0) is 12.8 Å². The molecule has 36 heavy (non-hydrogen) atoms. The Kier molecular flexibility index (Phi) is 18.3. The van der Waals surface area contributed by atoms with E-state index in [1.807, 2.05) is 18.2 Å². The maximum atomic E-state index is 6.18. The Morgan fingerprint density at radius 2 is 1.03 bits per heavy atom. The van der Waals surface area contributed by atoms with Gasteiger partial charge in [-0.25, -0.2) is 0 Å². The first-order valence-corrected chi connectivity index (χ1v) is 15.2. The molecule has 4 nitrogen and oxygen atoms in total. The molecular weight excluding hydrogens is 448 g/mol. The molecular formula is C32H56O4. The molecule has 1 heterocycles. The Morgan fingerprint density at radius 1 is 0.611 bits per heavy atom. The Bertz CT molecular complexity index is 571. The topological polar surface area (TPSA) is 36.9 Å². The predicted molar refractivity (Wildman–Crippen MR) is 150 cm³/mol. The highest BCUT2D eigenvalue weighted by Gasteiger charge is 2.38. The summed E-state index contributed by atoms with van der Waals surface area (Å²) in [6.45, 7) is 8.69. The van der Waals surface area contributed by atoms with Crippen LogP contribution in [0, 0.1) is 5.41 Å². The van der Waals surface area contributed by atoms with E-state index in [4.69, 9.17) is 18.9 Å². The van der Waals surface area contributed by atoms with Gasteiger partial charge in [0.1, 0.15) is 0 Å². The fraction of sp³-hybridized carbons (Fsp3) is 0.812. The van der Waals surface area contributed by atoms with E-state index in [0.717, 1.165) is 31.6 Å². The number of rotatable bonds is 23. The summed E-state index contributed by atoms with van der Waals surface area (Å²) >= 11 is 0. The first kappa shape index (κ1) is 31.3. The highest BCUT2D eigenvalue weighted by atomic mass is 16.7. The third-order valence-corrected chi connectivity index (χ3v) is 7.25. The second kappa shape index (κ2) is 21.0. The summed E-state index contributed by atoms with van der Waals surface area (Å²) < 4.78 is 24.7. The van der Waals surface area contributed by atoms with Crippen LogP contribution in [0.15, 0.2) is 30.3 Å². The second-order valence-electron chi connectivity index (χ2n) is 10.9. The van der Waals surface area contributed by atoms with Gasteiger partial charge in [-0.2, -0.15) is 0 Å². The zero-order valence-corrected chi connectivity index (χ0v) is 23.7. The van der Waals surface area contributed by atoms with E-state index in [0.29, 0.717) is 26.4 Å².